The van der Waals surface area contributed by atoms with E-state index in [1.807, 2.05) is 0 Å². The lowest BCUT2D eigenvalue weighted by atomic mass is 10.00. The van der Waals surface area contributed by atoms with Crippen molar-refractivity contribution in [2.75, 3.05) is 0 Å². The van der Waals surface area contributed by atoms with Crippen molar-refractivity contribution < 1.29 is 24.5 Å². The van der Waals surface area contributed by atoms with Crippen LogP contribution in [-0.4, -0.2) is 22.0 Å². The van der Waals surface area contributed by atoms with E-state index in [2.05, 4.69) is 0 Å². The van der Waals surface area contributed by atoms with Gasteiger partial charge in [0.05, 0.1) is 0 Å². The molecule has 2 rings (SSSR count). The van der Waals surface area contributed by atoms with Gasteiger partial charge in [-0.3, -0.25) is 9.59 Å². The molecule has 0 amide bonds. The lowest BCUT2D eigenvalue weighted by molar-refractivity contribution is -0.158. The second-order valence-corrected chi connectivity index (χ2v) is 3.65. The third kappa shape index (κ3) is 1.98. The number of benzene rings is 1. The van der Waals surface area contributed by atoms with Crippen LogP contribution in [0.25, 0.3) is 0 Å². The van der Waals surface area contributed by atoms with Crippen LogP contribution in [0.5, 0.6) is 11.5 Å². The van der Waals surface area contributed by atoms with Crippen molar-refractivity contribution in [1.82, 2.24) is 0 Å². The lowest BCUT2D eigenvalue weighted by Crippen LogP contribution is -2.24. The Balaban J connectivity index is 2.26. The zero-order valence-corrected chi connectivity index (χ0v) is 8.34. The molecule has 0 spiro atoms. The third-order valence-electron chi connectivity index (χ3n) is 2.40. The zero-order valence-electron chi connectivity index (χ0n) is 8.34. The Labute approximate surface area is 91.3 Å². The zero-order chi connectivity index (χ0) is 11.7. The van der Waals surface area contributed by atoms with E-state index in [-0.39, 0.29) is 30.1 Å². The number of phenols is 2. The summed E-state index contributed by atoms with van der Waals surface area (Å²) in [5, 5.41) is 18.4. The summed E-state index contributed by atoms with van der Waals surface area (Å²) in [7, 11) is 0. The first-order chi connectivity index (χ1) is 7.56. The lowest BCUT2D eigenvalue weighted by Gasteiger charge is -2.21. The van der Waals surface area contributed by atoms with Gasteiger partial charge in [-0.1, -0.05) is 6.07 Å². The molecule has 1 aromatic carbocycles. The topological polar surface area (TPSA) is 83.8 Å². The van der Waals surface area contributed by atoms with Crippen molar-refractivity contribution in [3.05, 3.63) is 23.8 Å². The first-order valence-electron chi connectivity index (χ1n) is 4.79. The minimum absolute atomic E-state index is 0.107. The molecule has 1 atom stereocenters. The van der Waals surface area contributed by atoms with Crippen molar-refractivity contribution >= 4 is 11.8 Å². The fourth-order valence-electron chi connectivity index (χ4n) is 1.61. The average molecular weight is 222 g/mol. The number of ether oxygens (including phenoxy) is 1. The van der Waals surface area contributed by atoms with Crippen LogP contribution in [0.1, 0.15) is 24.5 Å². The minimum Gasteiger partial charge on any atom is -0.504 e. The molecule has 5 heteroatoms. The van der Waals surface area contributed by atoms with Crippen LogP contribution in [0.3, 0.4) is 0 Å². The number of cyclic esters (lactones) is 1. The summed E-state index contributed by atoms with van der Waals surface area (Å²) < 4.78 is 4.99. The van der Waals surface area contributed by atoms with Gasteiger partial charge in [-0.25, -0.2) is 0 Å². The molecule has 16 heavy (non-hydrogen) atoms. The Hall–Kier alpha value is -2.04. The van der Waals surface area contributed by atoms with Crippen molar-refractivity contribution in [3.63, 3.8) is 0 Å². The smallest absolute Gasteiger partial charge is 0.313 e. The number of phenolic OH excluding ortho intramolecular Hbond substituents is 2. The Bertz CT molecular complexity index is 436. The summed E-state index contributed by atoms with van der Waals surface area (Å²) in [6.07, 6.45) is -0.753. The third-order valence-corrected chi connectivity index (χ3v) is 2.40. The van der Waals surface area contributed by atoms with E-state index in [0.29, 0.717) is 5.56 Å². The second-order valence-electron chi connectivity index (χ2n) is 3.65. The Morgan fingerprint density at radius 3 is 2.56 bits per heavy atom. The summed E-state index contributed by atoms with van der Waals surface area (Å²) in [6.45, 7) is 0. The molecule has 1 aromatic rings. The summed E-state index contributed by atoms with van der Waals surface area (Å²) in [5.41, 5.74) is 0.497. The first kappa shape index (κ1) is 10.5. The molecular formula is C11H10O5. The molecule has 1 aliphatic rings. The van der Waals surface area contributed by atoms with E-state index in [1.54, 1.807) is 0 Å². The number of rotatable bonds is 1. The van der Waals surface area contributed by atoms with Gasteiger partial charge in [-0.05, 0) is 17.7 Å². The highest BCUT2D eigenvalue weighted by Crippen LogP contribution is 2.32. The molecule has 0 aromatic heterocycles. The van der Waals surface area contributed by atoms with Crippen molar-refractivity contribution in [2.24, 2.45) is 0 Å². The van der Waals surface area contributed by atoms with Gasteiger partial charge >= 0.3 is 5.97 Å². The normalized spacial score (nSPS) is 20.6. The highest BCUT2D eigenvalue weighted by molar-refractivity contribution is 5.97. The van der Waals surface area contributed by atoms with E-state index < -0.39 is 12.1 Å². The predicted molar refractivity (Wildman–Crippen MR) is 52.8 cm³/mol. The van der Waals surface area contributed by atoms with E-state index in [4.69, 9.17) is 9.84 Å². The molecule has 1 fully saturated rings. The van der Waals surface area contributed by atoms with Gasteiger partial charge in [0.25, 0.3) is 0 Å². The van der Waals surface area contributed by atoms with Gasteiger partial charge in [-0.2, -0.15) is 0 Å². The number of esters is 1. The molecule has 1 heterocycles. The SMILES string of the molecule is O=C1CC(=O)OC(c2ccc(O)c(O)c2)C1. The predicted octanol–water partition coefficient (Wildman–Crippen LogP) is 1.04. The van der Waals surface area contributed by atoms with Crippen LogP contribution < -0.4 is 0 Å². The molecule has 84 valence electrons. The molecule has 0 radical (unpaired) electrons. The van der Waals surface area contributed by atoms with Crippen molar-refractivity contribution in [3.8, 4) is 11.5 Å². The van der Waals surface area contributed by atoms with Crippen LogP contribution in [0.2, 0.25) is 0 Å². The number of hydrogen-bond donors (Lipinski definition) is 2. The molecule has 2 N–H and O–H groups in total. The number of carbonyl (C=O) groups is 2. The summed E-state index contributed by atoms with van der Waals surface area (Å²) in [4.78, 5) is 22.3. The van der Waals surface area contributed by atoms with Gasteiger partial charge in [0.15, 0.2) is 11.5 Å². The number of carbonyl (C=O) groups excluding carboxylic acids is 2. The van der Waals surface area contributed by atoms with Crippen LogP contribution in [-0.2, 0) is 14.3 Å². The summed E-state index contributed by atoms with van der Waals surface area (Å²) >= 11 is 0. The van der Waals surface area contributed by atoms with Crippen LogP contribution in [0.15, 0.2) is 18.2 Å². The molecule has 1 aliphatic heterocycles. The average Bonchev–Trinajstić information content (AvgIpc) is 2.20. The molecule has 1 unspecified atom stereocenters. The molecular weight excluding hydrogens is 212 g/mol. The van der Waals surface area contributed by atoms with Crippen molar-refractivity contribution in [2.45, 2.75) is 18.9 Å². The molecule has 5 nitrogen and oxygen atoms in total. The van der Waals surface area contributed by atoms with Gasteiger partial charge in [0.2, 0.25) is 0 Å². The monoisotopic (exact) mass is 222 g/mol. The quantitative estimate of drug-likeness (QED) is 0.421. The highest BCUT2D eigenvalue weighted by atomic mass is 16.5. The standard InChI is InChI=1S/C11H10O5/c12-7-4-10(16-11(15)5-7)6-1-2-8(13)9(14)3-6/h1-3,10,13-14H,4-5H2. The Morgan fingerprint density at radius 2 is 1.94 bits per heavy atom. The molecule has 1 saturated heterocycles. The number of hydrogen-bond acceptors (Lipinski definition) is 5. The highest BCUT2D eigenvalue weighted by Gasteiger charge is 2.28. The van der Waals surface area contributed by atoms with Crippen LogP contribution in [0.4, 0.5) is 0 Å². The molecule has 0 aliphatic carbocycles. The Kier molecular flexibility index (Phi) is 2.52. The molecule has 0 saturated carbocycles. The minimum atomic E-state index is -0.666. The fraction of sp³-hybridized carbons (Fsp3) is 0.273. The van der Waals surface area contributed by atoms with Gasteiger partial charge in [-0.15, -0.1) is 0 Å². The van der Waals surface area contributed by atoms with Crippen molar-refractivity contribution in [1.29, 1.82) is 0 Å². The van der Waals surface area contributed by atoms with E-state index in [9.17, 15) is 14.7 Å². The molecule has 0 bridgehead atoms. The van der Waals surface area contributed by atoms with E-state index >= 15 is 0 Å². The summed E-state index contributed by atoms with van der Waals surface area (Å²) in [6, 6.07) is 4.08. The number of Topliss-reactive ketones (excluding diaryl/α,β-unsaturated/α-hetero) is 1. The fourth-order valence-corrected chi connectivity index (χ4v) is 1.61. The number of ketones is 1. The Morgan fingerprint density at radius 1 is 1.19 bits per heavy atom. The van der Waals surface area contributed by atoms with Gasteiger partial charge in [0.1, 0.15) is 18.3 Å². The second kappa shape index (κ2) is 3.84. The van der Waals surface area contributed by atoms with E-state index in [0.717, 1.165) is 0 Å². The van der Waals surface area contributed by atoms with Gasteiger partial charge < -0.3 is 14.9 Å². The van der Waals surface area contributed by atoms with Crippen LogP contribution >= 0.6 is 0 Å². The maximum Gasteiger partial charge on any atom is 0.313 e. The van der Waals surface area contributed by atoms with Gasteiger partial charge in [0, 0.05) is 6.42 Å². The maximum absolute atomic E-state index is 11.2. The van der Waals surface area contributed by atoms with E-state index in [1.165, 1.54) is 18.2 Å². The summed E-state index contributed by atoms with van der Waals surface area (Å²) in [5.74, 6) is -1.30. The number of aromatic hydroxyl groups is 2. The van der Waals surface area contributed by atoms with Crippen LogP contribution in [0, 0.1) is 0 Å². The largest absolute Gasteiger partial charge is 0.504 e. The first-order valence-corrected chi connectivity index (χ1v) is 4.79. The maximum atomic E-state index is 11.2.